The minimum atomic E-state index is -0.299. The maximum absolute atomic E-state index is 12.2. The van der Waals surface area contributed by atoms with E-state index in [9.17, 15) is 9.59 Å². The van der Waals surface area contributed by atoms with Crippen LogP contribution in [0, 0.1) is 5.92 Å². The number of likely N-dealkylation sites (tertiary alicyclic amines) is 1. The van der Waals surface area contributed by atoms with Gasteiger partial charge in [0.1, 0.15) is 5.75 Å². The van der Waals surface area contributed by atoms with Gasteiger partial charge in [-0.25, -0.2) is 4.79 Å². The third-order valence-corrected chi connectivity index (χ3v) is 5.76. The highest BCUT2D eigenvalue weighted by Gasteiger charge is 2.24. The summed E-state index contributed by atoms with van der Waals surface area (Å²) in [6, 6.07) is 19.2. The van der Waals surface area contributed by atoms with Crippen molar-refractivity contribution in [2.24, 2.45) is 5.92 Å². The number of rotatable bonds is 7. The summed E-state index contributed by atoms with van der Waals surface area (Å²) in [5.74, 6) is 1.84. The van der Waals surface area contributed by atoms with Gasteiger partial charge in [-0.3, -0.25) is 4.79 Å². The summed E-state index contributed by atoms with van der Waals surface area (Å²) in [4.78, 5) is 27.2. The van der Waals surface area contributed by atoms with Gasteiger partial charge in [0, 0.05) is 36.7 Å². The Hall–Kier alpha value is -2.47. The predicted octanol–water partition coefficient (Wildman–Crippen LogP) is 4.20. The average Bonchev–Trinajstić information content (AvgIpc) is 2.74. The molecule has 0 spiro atoms. The van der Waals surface area contributed by atoms with Crippen LogP contribution in [0.3, 0.4) is 0 Å². The molecule has 0 saturated carbocycles. The number of piperidine rings is 1. The first-order valence-electron chi connectivity index (χ1n) is 9.67. The van der Waals surface area contributed by atoms with E-state index in [1.54, 1.807) is 28.8 Å². The summed E-state index contributed by atoms with van der Waals surface area (Å²) in [6.45, 7) is 2.00. The van der Waals surface area contributed by atoms with E-state index in [2.05, 4.69) is 17.4 Å². The van der Waals surface area contributed by atoms with Gasteiger partial charge >= 0.3 is 6.09 Å². The zero-order chi connectivity index (χ0) is 19.6. The van der Waals surface area contributed by atoms with E-state index in [4.69, 9.17) is 4.74 Å². The lowest BCUT2D eigenvalue weighted by atomic mass is 9.97. The first kappa shape index (κ1) is 20.3. The number of nitrogens with one attached hydrogen (secondary N) is 1. The number of carbonyl (C=O) groups is 2. The first-order valence-corrected chi connectivity index (χ1v) is 10.7. The lowest BCUT2D eigenvalue weighted by Gasteiger charge is -2.31. The van der Waals surface area contributed by atoms with Crippen molar-refractivity contribution in [3.05, 3.63) is 60.7 Å². The van der Waals surface area contributed by atoms with Gasteiger partial charge in [-0.2, -0.15) is 0 Å². The van der Waals surface area contributed by atoms with Gasteiger partial charge in [0.2, 0.25) is 5.91 Å². The second-order valence-corrected chi connectivity index (χ2v) is 8.00. The van der Waals surface area contributed by atoms with Crippen molar-refractivity contribution in [2.75, 3.05) is 25.4 Å². The molecule has 6 heteroatoms. The van der Waals surface area contributed by atoms with Crippen LogP contribution >= 0.6 is 11.8 Å². The Balaban J connectivity index is 1.29. The molecule has 0 radical (unpaired) electrons. The standard InChI is InChI=1S/C22H26N2O3S/c25-21(13-16-28-20-9-5-2-6-10-20)23-17-18-11-14-24(15-12-18)22(26)27-19-7-3-1-4-8-19/h1-10,18H,11-17H2,(H,23,25). The molecule has 0 aliphatic carbocycles. The van der Waals surface area contributed by atoms with Crippen LogP contribution in [0.1, 0.15) is 19.3 Å². The van der Waals surface area contributed by atoms with Crippen LogP contribution in [0.15, 0.2) is 65.6 Å². The molecule has 1 saturated heterocycles. The quantitative estimate of drug-likeness (QED) is 0.711. The van der Waals surface area contributed by atoms with E-state index < -0.39 is 0 Å². The van der Waals surface area contributed by atoms with E-state index in [-0.39, 0.29) is 12.0 Å². The van der Waals surface area contributed by atoms with Crippen LogP contribution in [0.5, 0.6) is 5.75 Å². The highest BCUT2D eigenvalue weighted by molar-refractivity contribution is 7.99. The fourth-order valence-corrected chi connectivity index (χ4v) is 3.97. The van der Waals surface area contributed by atoms with E-state index >= 15 is 0 Å². The molecule has 2 amide bonds. The fraction of sp³-hybridized carbons (Fsp3) is 0.364. The number of hydrogen-bond donors (Lipinski definition) is 1. The number of nitrogens with zero attached hydrogens (tertiary/aromatic N) is 1. The van der Waals surface area contributed by atoms with Gasteiger partial charge in [0.25, 0.3) is 0 Å². The molecule has 1 heterocycles. The second kappa shape index (κ2) is 10.8. The smallest absolute Gasteiger partial charge is 0.410 e. The Kier molecular flexibility index (Phi) is 7.79. The summed E-state index contributed by atoms with van der Waals surface area (Å²) in [7, 11) is 0. The molecule has 1 aliphatic heterocycles. The summed E-state index contributed by atoms with van der Waals surface area (Å²) in [5, 5.41) is 3.04. The van der Waals surface area contributed by atoms with Gasteiger partial charge < -0.3 is 15.0 Å². The zero-order valence-electron chi connectivity index (χ0n) is 15.9. The van der Waals surface area contributed by atoms with E-state index in [1.807, 2.05) is 36.4 Å². The van der Waals surface area contributed by atoms with Gasteiger partial charge in [-0.1, -0.05) is 36.4 Å². The van der Waals surface area contributed by atoms with Gasteiger partial charge in [0.15, 0.2) is 0 Å². The van der Waals surface area contributed by atoms with Crippen molar-refractivity contribution in [3.63, 3.8) is 0 Å². The molecule has 0 bridgehead atoms. The molecular weight excluding hydrogens is 372 g/mol. The Morgan fingerprint density at radius 3 is 2.32 bits per heavy atom. The third kappa shape index (κ3) is 6.60. The molecule has 0 unspecified atom stereocenters. The van der Waals surface area contributed by atoms with Crippen LogP contribution in [-0.4, -0.2) is 42.3 Å². The normalized spacial score (nSPS) is 14.5. The van der Waals surface area contributed by atoms with Crippen molar-refractivity contribution in [1.82, 2.24) is 10.2 Å². The molecule has 1 N–H and O–H groups in total. The minimum Gasteiger partial charge on any atom is -0.410 e. The minimum absolute atomic E-state index is 0.0920. The number of carbonyl (C=O) groups excluding carboxylic acids is 2. The number of para-hydroxylation sites is 1. The van der Waals surface area contributed by atoms with Crippen molar-refractivity contribution in [2.45, 2.75) is 24.2 Å². The maximum atomic E-state index is 12.2. The third-order valence-electron chi connectivity index (χ3n) is 4.75. The van der Waals surface area contributed by atoms with Crippen LogP contribution in [0.25, 0.3) is 0 Å². The summed E-state index contributed by atoms with van der Waals surface area (Å²) >= 11 is 1.70. The molecule has 0 atom stereocenters. The summed E-state index contributed by atoms with van der Waals surface area (Å²) in [5.41, 5.74) is 0. The Morgan fingerprint density at radius 2 is 1.64 bits per heavy atom. The van der Waals surface area contributed by atoms with E-state index in [1.165, 1.54) is 4.90 Å². The summed E-state index contributed by atoms with van der Waals surface area (Å²) in [6.07, 6.45) is 1.97. The van der Waals surface area contributed by atoms with Crippen molar-refractivity contribution in [1.29, 1.82) is 0 Å². The number of ether oxygens (including phenoxy) is 1. The van der Waals surface area contributed by atoms with E-state index in [0.717, 1.165) is 18.6 Å². The van der Waals surface area contributed by atoms with E-state index in [0.29, 0.717) is 37.7 Å². The molecular formula is C22H26N2O3S. The van der Waals surface area contributed by atoms with Crippen molar-refractivity contribution >= 4 is 23.8 Å². The Morgan fingerprint density at radius 1 is 1.00 bits per heavy atom. The molecule has 148 valence electrons. The largest absolute Gasteiger partial charge is 0.415 e. The highest BCUT2D eigenvalue weighted by Crippen LogP contribution is 2.19. The monoisotopic (exact) mass is 398 g/mol. The topological polar surface area (TPSA) is 58.6 Å². The van der Waals surface area contributed by atoms with Crippen LogP contribution in [0.4, 0.5) is 4.79 Å². The lowest BCUT2D eigenvalue weighted by Crippen LogP contribution is -2.42. The first-order chi connectivity index (χ1) is 13.7. The van der Waals surface area contributed by atoms with Crippen LogP contribution in [0.2, 0.25) is 0 Å². The fourth-order valence-electron chi connectivity index (χ4n) is 3.10. The molecule has 1 aliphatic rings. The molecule has 2 aromatic carbocycles. The Labute approximate surface area is 170 Å². The second-order valence-electron chi connectivity index (χ2n) is 6.83. The molecule has 28 heavy (non-hydrogen) atoms. The number of thioether (sulfide) groups is 1. The van der Waals surface area contributed by atoms with Gasteiger partial charge in [-0.05, 0) is 43.0 Å². The molecule has 0 aromatic heterocycles. The SMILES string of the molecule is O=C(CCSc1ccccc1)NCC1CCN(C(=O)Oc2ccccc2)CC1. The molecule has 2 aromatic rings. The van der Waals surface area contributed by atoms with Crippen molar-refractivity contribution in [3.8, 4) is 5.75 Å². The molecule has 1 fully saturated rings. The zero-order valence-corrected chi connectivity index (χ0v) is 16.7. The van der Waals surface area contributed by atoms with Gasteiger partial charge in [-0.15, -0.1) is 11.8 Å². The van der Waals surface area contributed by atoms with Crippen LogP contribution < -0.4 is 10.1 Å². The predicted molar refractivity (Wildman–Crippen MR) is 112 cm³/mol. The molecule has 5 nitrogen and oxygen atoms in total. The van der Waals surface area contributed by atoms with Crippen molar-refractivity contribution < 1.29 is 14.3 Å². The summed E-state index contributed by atoms with van der Waals surface area (Å²) < 4.78 is 5.38. The Bertz CT molecular complexity index is 747. The average molecular weight is 399 g/mol. The molecule has 3 rings (SSSR count). The number of amides is 2. The number of benzene rings is 2. The highest BCUT2D eigenvalue weighted by atomic mass is 32.2. The maximum Gasteiger partial charge on any atom is 0.415 e. The lowest BCUT2D eigenvalue weighted by molar-refractivity contribution is -0.120. The van der Waals surface area contributed by atoms with Crippen LogP contribution in [-0.2, 0) is 4.79 Å². The van der Waals surface area contributed by atoms with Gasteiger partial charge in [0.05, 0.1) is 0 Å². The number of hydrogen-bond acceptors (Lipinski definition) is 4.